The van der Waals surface area contributed by atoms with E-state index in [0.29, 0.717) is 6.54 Å². The number of hydrogen-bond acceptors (Lipinski definition) is 4. The van der Waals surface area contributed by atoms with Gasteiger partial charge in [-0.2, -0.15) is 5.10 Å². The van der Waals surface area contributed by atoms with Crippen molar-refractivity contribution in [2.45, 2.75) is 33.4 Å². The Morgan fingerprint density at radius 3 is 2.78 bits per heavy atom. The van der Waals surface area contributed by atoms with Gasteiger partial charge in [0.05, 0.1) is 11.7 Å². The number of rotatable bonds is 6. The molecule has 0 aliphatic heterocycles. The van der Waals surface area contributed by atoms with Crippen LogP contribution in [0.2, 0.25) is 0 Å². The van der Waals surface area contributed by atoms with E-state index >= 15 is 0 Å². The Labute approximate surface area is 159 Å². The lowest BCUT2D eigenvalue weighted by Gasteiger charge is -2.19. The van der Waals surface area contributed by atoms with Crippen LogP contribution >= 0.6 is 0 Å². The zero-order chi connectivity index (χ0) is 19.2. The molecule has 0 aliphatic carbocycles. The minimum absolute atomic E-state index is 0.0829. The molecular weight excluding hydrogens is 340 g/mol. The summed E-state index contributed by atoms with van der Waals surface area (Å²) < 4.78 is 3.80. The lowest BCUT2D eigenvalue weighted by molar-refractivity contribution is 0.680. The van der Waals surface area contributed by atoms with Crippen LogP contribution in [0.4, 0.5) is 0 Å². The zero-order valence-corrected chi connectivity index (χ0v) is 16.2. The van der Waals surface area contributed by atoms with Gasteiger partial charge in [-0.15, -0.1) is 10.2 Å². The molecule has 0 saturated carbocycles. The fraction of sp³-hybridized carbons (Fsp3) is 0.368. The lowest BCUT2D eigenvalue weighted by atomic mass is 10.1. The molecule has 1 aromatic carbocycles. The van der Waals surface area contributed by atoms with Crippen molar-refractivity contribution in [3.8, 4) is 5.69 Å². The molecule has 3 aromatic rings. The molecule has 0 bridgehead atoms. The summed E-state index contributed by atoms with van der Waals surface area (Å²) in [5.74, 6) is 2.45. The van der Waals surface area contributed by atoms with Gasteiger partial charge in [-0.25, -0.2) is 9.67 Å². The van der Waals surface area contributed by atoms with Gasteiger partial charge in [-0.1, -0.05) is 12.1 Å². The second kappa shape index (κ2) is 8.48. The molecule has 8 heteroatoms. The van der Waals surface area contributed by atoms with Crippen LogP contribution in [0.25, 0.3) is 5.69 Å². The molecule has 3 rings (SSSR count). The molecule has 0 amide bonds. The van der Waals surface area contributed by atoms with E-state index < -0.39 is 0 Å². The molecular formula is C19H26N8. The predicted octanol–water partition coefficient (Wildman–Crippen LogP) is 2.13. The van der Waals surface area contributed by atoms with Gasteiger partial charge in [-0.05, 0) is 44.5 Å². The van der Waals surface area contributed by atoms with Crippen LogP contribution in [-0.4, -0.2) is 37.0 Å². The number of aliphatic imine (C=N–C) groups is 1. The number of guanidine groups is 1. The van der Waals surface area contributed by atoms with Gasteiger partial charge in [0.25, 0.3) is 0 Å². The SMILES string of the molecule is CCNC(=NCc1nnc(C)n1C)NC(C)c1cccc(-n2cccn2)c1. The molecule has 2 N–H and O–H groups in total. The summed E-state index contributed by atoms with van der Waals surface area (Å²) in [6, 6.07) is 10.3. The summed E-state index contributed by atoms with van der Waals surface area (Å²) >= 11 is 0. The number of nitrogens with zero attached hydrogens (tertiary/aromatic N) is 6. The van der Waals surface area contributed by atoms with E-state index in [-0.39, 0.29) is 6.04 Å². The minimum Gasteiger partial charge on any atom is -0.357 e. The van der Waals surface area contributed by atoms with Crippen molar-refractivity contribution in [2.75, 3.05) is 6.54 Å². The monoisotopic (exact) mass is 366 g/mol. The maximum atomic E-state index is 4.65. The quantitative estimate of drug-likeness (QED) is 0.516. The molecule has 27 heavy (non-hydrogen) atoms. The fourth-order valence-corrected chi connectivity index (χ4v) is 2.71. The van der Waals surface area contributed by atoms with Crippen LogP contribution in [0.1, 0.15) is 37.1 Å². The topological polar surface area (TPSA) is 85.0 Å². The number of nitrogens with one attached hydrogen (secondary N) is 2. The van der Waals surface area contributed by atoms with E-state index in [0.717, 1.165) is 35.4 Å². The van der Waals surface area contributed by atoms with Gasteiger partial charge in [0.2, 0.25) is 0 Å². The minimum atomic E-state index is 0.0829. The van der Waals surface area contributed by atoms with Gasteiger partial charge >= 0.3 is 0 Å². The molecule has 0 fully saturated rings. The first kappa shape index (κ1) is 18.6. The average Bonchev–Trinajstić information content (AvgIpc) is 3.32. The molecule has 0 aliphatic rings. The maximum Gasteiger partial charge on any atom is 0.192 e. The predicted molar refractivity (Wildman–Crippen MR) is 106 cm³/mol. The van der Waals surface area contributed by atoms with Crippen LogP contribution in [0.15, 0.2) is 47.7 Å². The zero-order valence-electron chi connectivity index (χ0n) is 16.2. The maximum absolute atomic E-state index is 4.65. The van der Waals surface area contributed by atoms with Gasteiger partial charge < -0.3 is 15.2 Å². The van der Waals surface area contributed by atoms with E-state index in [2.05, 4.69) is 50.0 Å². The summed E-state index contributed by atoms with van der Waals surface area (Å²) in [5.41, 5.74) is 2.19. The van der Waals surface area contributed by atoms with Crippen molar-refractivity contribution in [2.24, 2.45) is 12.0 Å². The number of aromatic nitrogens is 5. The molecule has 0 radical (unpaired) electrons. The number of aryl methyl sites for hydroxylation is 1. The van der Waals surface area contributed by atoms with E-state index in [1.165, 1.54) is 0 Å². The standard InChI is InChI=1S/C19H26N8/c1-5-20-19(21-13-18-25-24-15(3)26(18)4)23-14(2)16-8-6-9-17(12-16)27-11-7-10-22-27/h6-12,14H,5,13H2,1-4H3,(H2,20,21,23). The average molecular weight is 366 g/mol. The highest BCUT2D eigenvalue weighted by Crippen LogP contribution is 2.16. The first-order valence-electron chi connectivity index (χ1n) is 9.08. The van der Waals surface area contributed by atoms with Crippen molar-refractivity contribution in [1.29, 1.82) is 0 Å². The third-order valence-electron chi connectivity index (χ3n) is 4.40. The third kappa shape index (κ3) is 4.52. The highest BCUT2D eigenvalue weighted by atomic mass is 15.3. The van der Waals surface area contributed by atoms with Crippen LogP contribution in [0, 0.1) is 6.92 Å². The summed E-state index contributed by atoms with van der Waals surface area (Å²) in [7, 11) is 1.95. The van der Waals surface area contributed by atoms with Crippen molar-refractivity contribution >= 4 is 5.96 Å². The summed E-state index contributed by atoms with van der Waals surface area (Å²) in [5, 5.41) is 19.3. The van der Waals surface area contributed by atoms with E-state index in [1.807, 2.05) is 54.5 Å². The second-order valence-electron chi connectivity index (χ2n) is 6.33. The van der Waals surface area contributed by atoms with Crippen LogP contribution in [-0.2, 0) is 13.6 Å². The Kier molecular flexibility index (Phi) is 5.85. The first-order chi connectivity index (χ1) is 13.1. The second-order valence-corrected chi connectivity index (χ2v) is 6.33. The van der Waals surface area contributed by atoms with Crippen molar-refractivity contribution < 1.29 is 0 Å². The normalized spacial score (nSPS) is 12.8. The van der Waals surface area contributed by atoms with E-state index in [1.54, 1.807) is 6.20 Å². The van der Waals surface area contributed by atoms with Crippen molar-refractivity contribution in [1.82, 2.24) is 35.2 Å². The summed E-state index contributed by atoms with van der Waals surface area (Å²) in [6.45, 7) is 7.34. The Balaban J connectivity index is 1.73. The van der Waals surface area contributed by atoms with Crippen LogP contribution in [0.3, 0.4) is 0 Å². The molecule has 1 atom stereocenters. The molecule has 8 nitrogen and oxygen atoms in total. The van der Waals surface area contributed by atoms with Crippen molar-refractivity contribution in [3.05, 3.63) is 59.9 Å². The van der Waals surface area contributed by atoms with Crippen molar-refractivity contribution in [3.63, 3.8) is 0 Å². The lowest BCUT2D eigenvalue weighted by Crippen LogP contribution is -2.38. The Bertz CT molecular complexity index is 894. The molecule has 2 heterocycles. The largest absolute Gasteiger partial charge is 0.357 e. The highest BCUT2D eigenvalue weighted by molar-refractivity contribution is 5.80. The van der Waals surface area contributed by atoms with Crippen LogP contribution in [0.5, 0.6) is 0 Å². The Hall–Kier alpha value is -3.16. The molecule has 0 spiro atoms. The van der Waals surface area contributed by atoms with Gasteiger partial charge in [0, 0.05) is 26.0 Å². The van der Waals surface area contributed by atoms with E-state index in [9.17, 15) is 0 Å². The highest BCUT2D eigenvalue weighted by Gasteiger charge is 2.10. The third-order valence-corrected chi connectivity index (χ3v) is 4.40. The fourth-order valence-electron chi connectivity index (χ4n) is 2.71. The Morgan fingerprint density at radius 1 is 1.26 bits per heavy atom. The summed E-state index contributed by atoms with van der Waals surface area (Å²) in [6.07, 6.45) is 3.71. The number of hydrogen-bond donors (Lipinski definition) is 2. The molecule has 142 valence electrons. The Morgan fingerprint density at radius 2 is 2.11 bits per heavy atom. The smallest absolute Gasteiger partial charge is 0.192 e. The first-order valence-corrected chi connectivity index (χ1v) is 9.08. The number of benzene rings is 1. The van der Waals surface area contributed by atoms with Gasteiger partial charge in [0.1, 0.15) is 12.4 Å². The molecule has 2 aromatic heterocycles. The van der Waals surface area contributed by atoms with Crippen LogP contribution < -0.4 is 10.6 Å². The summed E-state index contributed by atoms with van der Waals surface area (Å²) in [4.78, 5) is 4.65. The molecule has 0 saturated heterocycles. The van der Waals surface area contributed by atoms with Gasteiger partial charge in [0.15, 0.2) is 11.8 Å². The van der Waals surface area contributed by atoms with E-state index in [4.69, 9.17) is 0 Å². The van der Waals surface area contributed by atoms with Gasteiger partial charge in [-0.3, -0.25) is 0 Å². The molecule has 1 unspecified atom stereocenters.